The van der Waals surface area contributed by atoms with Crippen molar-refractivity contribution >= 4 is 5.96 Å². The number of guanidine groups is 1. The minimum atomic E-state index is -0.635. The molecular weight excluding hydrogens is 333 g/mol. The molecule has 140 valence electrons. The normalized spacial score (nSPS) is 11.3. The van der Waals surface area contributed by atoms with Crippen molar-refractivity contribution in [2.24, 2.45) is 4.99 Å². The molecule has 0 saturated carbocycles. The smallest absolute Gasteiger partial charge is 0.191 e. The van der Waals surface area contributed by atoms with Gasteiger partial charge in [-0.3, -0.25) is 4.99 Å². The summed E-state index contributed by atoms with van der Waals surface area (Å²) in [5, 5.41) is 15.6. The third kappa shape index (κ3) is 5.65. The molecule has 0 unspecified atom stereocenters. The molecule has 0 aliphatic rings. The summed E-state index contributed by atoms with van der Waals surface area (Å²) in [6.45, 7) is 5.74. The van der Waals surface area contributed by atoms with Gasteiger partial charge in [-0.25, -0.2) is 4.39 Å². The summed E-state index contributed by atoms with van der Waals surface area (Å²) in [5.41, 5.74) is 2.91. The number of nitrogens with zero attached hydrogens (tertiary/aromatic N) is 1. The first-order valence-corrected chi connectivity index (χ1v) is 8.67. The summed E-state index contributed by atoms with van der Waals surface area (Å²) < 4.78 is 19.2. The lowest BCUT2D eigenvalue weighted by atomic mass is 10.1. The SMILES string of the molecule is CCCOc1cc(C)ccc1CNC(=NC)NCc1ccc(O)c(F)c1. The molecule has 2 aromatic rings. The highest BCUT2D eigenvalue weighted by atomic mass is 19.1. The van der Waals surface area contributed by atoms with E-state index in [-0.39, 0.29) is 5.75 Å². The quantitative estimate of drug-likeness (QED) is 0.523. The van der Waals surface area contributed by atoms with Crippen LogP contribution in [-0.2, 0) is 13.1 Å². The van der Waals surface area contributed by atoms with Gasteiger partial charge in [0, 0.05) is 25.7 Å². The van der Waals surface area contributed by atoms with Crippen LogP contribution in [0, 0.1) is 12.7 Å². The van der Waals surface area contributed by atoms with E-state index in [1.165, 1.54) is 12.1 Å². The Balaban J connectivity index is 1.95. The molecule has 5 nitrogen and oxygen atoms in total. The van der Waals surface area contributed by atoms with Gasteiger partial charge in [0.2, 0.25) is 0 Å². The van der Waals surface area contributed by atoms with Crippen molar-refractivity contribution in [1.29, 1.82) is 0 Å². The van der Waals surface area contributed by atoms with Crippen LogP contribution in [0.4, 0.5) is 4.39 Å². The van der Waals surface area contributed by atoms with Crippen molar-refractivity contribution in [1.82, 2.24) is 10.6 Å². The summed E-state index contributed by atoms with van der Waals surface area (Å²) >= 11 is 0. The Hall–Kier alpha value is -2.76. The maximum atomic E-state index is 13.4. The fourth-order valence-corrected chi connectivity index (χ4v) is 2.40. The van der Waals surface area contributed by atoms with Crippen LogP contribution in [0.1, 0.15) is 30.0 Å². The number of nitrogens with one attached hydrogen (secondary N) is 2. The summed E-state index contributed by atoms with van der Waals surface area (Å²) in [7, 11) is 1.68. The van der Waals surface area contributed by atoms with E-state index < -0.39 is 5.82 Å². The van der Waals surface area contributed by atoms with Crippen molar-refractivity contribution < 1.29 is 14.2 Å². The second-order valence-corrected chi connectivity index (χ2v) is 6.02. The second-order valence-electron chi connectivity index (χ2n) is 6.02. The number of aryl methyl sites for hydroxylation is 1. The highest BCUT2D eigenvalue weighted by Crippen LogP contribution is 2.20. The molecule has 0 fully saturated rings. The highest BCUT2D eigenvalue weighted by molar-refractivity contribution is 5.79. The first-order chi connectivity index (χ1) is 12.5. The molecule has 0 aromatic heterocycles. The first-order valence-electron chi connectivity index (χ1n) is 8.67. The van der Waals surface area contributed by atoms with Crippen molar-refractivity contribution in [2.45, 2.75) is 33.4 Å². The zero-order chi connectivity index (χ0) is 18.9. The number of phenolic OH excluding ortho intramolecular Hbond substituents is 1. The monoisotopic (exact) mass is 359 g/mol. The molecule has 0 spiro atoms. The predicted molar refractivity (Wildman–Crippen MR) is 102 cm³/mol. The molecule has 2 rings (SSSR count). The van der Waals surface area contributed by atoms with Gasteiger partial charge in [0.25, 0.3) is 0 Å². The lowest BCUT2D eigenvalue weighted by molar-refractivity contribution is 0.313. The molecule has 3 N–H and O–H groups in total. The fourth-order valence-electron chi connectivity index (χ4n) is 2.40. The van der Waals surface area contributed by atoms with Crippen LogP contribution in [0.3, 0.4) is 0 Å². The maximum Gasteiger partial charge on any atom is 0.191 e. The summed E-state index contributed by atoms with van der Waals surface area (Å²) in [5.74, 6) is 0.482. The van der Waals surface area contributed by atoms with Crippen LogP contribution < -0.4 is 15.4 Å². The van der Waals surface area contributed by atoms with Crippen LogP contribution >= 0.6 is 0 Å². The molecule has 0 heterocycles. The largest absolute Gasteiger partial charge is 0.505 e. The van der Waals surface area contributed by atoms with Gasteiger partial charge < -0.3 is 20.5 Å². The van der Waals surface area contributed by atoms with Gasteiger partial charge in [-0.2, -0.15) is 0 Å². The van der Waals surface area contributed by atoms with E-state index in [0.717, 1.165) is 23.3 Å². The minimum Gasteiger partial charge on any atom is -0.505 e. The maximum absolute atomic E-state index is 13.4. The van der Waals surface area contributed by atoms with Crippen LogP contribution in [0.2, 0.25) is 0 Å². The number of hydrogen-bond acceptors (Lipinski definition) is 3. The van der Waals surface area contributed by atoms with Gasteiger partial charge in [0.15, 0.2) is 17.5 Å². The Morgan fingerprint density at radius 3 is 2.62 bits per heavy atom. The Morgan fingerprint density at radius 1 is 1.15 bits per heavy atom. The van der Waals surface area contributed by atoms with Gasteiger partial charge in [0.05, 0.1) is 6.61 Å². The second kappa shape index (κ2) is 9.65. The van der Waals surface area contributed by atoms with Crippen LogP contribution in [-0.4, -0.2) is 24.7 Å². The lowest BCUT2D eigenvalue weighted by Gasteiger charge is -2.15. The molecule has 6 heteroatoms. The molecule has 0 aliphatic heterocycles. The molecule has 0 bridgehead atoms. The van der Waals surface area contributed by atoms with Crippen LogP contribution in [0.15, 0.2) is 41.4 Å². The first kappa shape index (κ1) is 19.6. The van der Waals surface area contributed by atoms with E-state index in [4.69, 9.17) is 4.74 Å². The Kier molecular flexibility index (Phi) is 7.26. The topological polar surface area (TPSA) is 65.9 Å². The van der Waals surface area contributed by atoms with Crippen molar-refractivity contribution in [2.75, 3.05) is 13.7 Å². The van der Waals surface area contributed by atoms with Gasteiger partial charge in [0.1, 0.15) is 5.75 Å². The highest BCUT2D eigenvalue weighted by Gasteiger charge is 2.07. The number of rotatable bonds is 7. The van der Waals surface area contributed by atoms with Gasteiger partial charge in [-0.1, -0.05) is 25.1 Å². The number of hydrogen-bond donors (Lipinski definition) is 3. The number of phenols is 1. The predicted octanol–water partition coefficient (Wildman–Crippen LogP) is 3.49. The van der Waals surface area contributed by atoms with E-state index in [1.54, 1.807) is 13.1 Å². The van der Waals surface area contributed by atoms with E-state index >= 15 is 0 Å². The molecule has 0 radical (unpaired) electrons. The third-order valence-electron chi connectivity index (χ3n) is 3.83. The minimum absolute atomic E-state index is 0.352. The number of halogens is 1. The Labute approximate surface area is 153 Å². The molecule has 2 aromatic carbocycles. The van der Waals surface area contributed by atoms with Gasteiger partial charge in [-0.15, -0.1) is 0 Å². The number of benzene rings is 2. The average molecular weight is 359 g/mol. The van der Waals surface area contributed by atoms with Gasteiger partial charge >= 0.3 is 0 Å². The zero-order valence-corrected chi connectivity index (χ0v) is 15.5. The zero-order valence-electron chi connectivity index (χ0n) is 15.5. The van der Waals surface area contributed by atoms with Crippen molar-refractivity contribution in [3.63, 3.8) is 0 Å². The molecule has 0 saturated heterocycles. The standard InChI is InChI=1S/C20H26FN3O2/c1-4-9-26-19-10-14(2)5-7-16(19)13-24-20(22-3)23-12-15-6-8-18(25)17(21)11-15/h5-8,10-11,25H,4,9,12-13H2,1-3H3,(H2,22,23,24). The summed E-state index contributed by atoms with van der Waals surface area (Å²) in [6, 6.07) is 10.4. The van der Waals surface area contributed by atoms with E-state index in [1.807, 2.05) is 25.1 Å². The van der Waals surface area contributed by atoms with E-state index in [0.29, 0.717) is 31.2 Å². The van der Waals surface area contributed by atoms with Crippen LogP contribution in [0.25, 0.3) is 0 Å². The molecule has 0 aliphatic carbocycles. The fraction of sp³-hybridized carbons (Fsp3) is 0.350. The van der Waals surface area contributed by atoms with Crippen LogP contribution in [0.5, 0.6) is 11.5 Å². The number of aliphatic imine (C=N–C) groups is 1. The number of ether oxygens (including phenoxy) is 1. The number of aromatic hydroxyl groups is 1. The third-order valence-corrected chi connectivity index (χ3v) is 3.83. The Morgan fingerprint density at radius 2 is 1.92 bits per heavy atom. The van der Waals surface area contributed by atoms with E-state index in [2.05, 4.69) is 22.5 Å². The molecule has 0 amide bonds. The van der Waals surface area contributed by atoms with Crippen molar-refractivity contribution in [3.8, 4) is 11.5 Å². The molecular formula is C20H26FN3O2. The van der Waals surface area contributed by atoms with E-state index in [9.17, 15) is 9.50 Å². The summed E-state index contributed by atoms with van der Waals surface area (Å²) in [6.07, 6.45) is 0.952. The summed E-state index contributed by atoms with van der Waals surface area (Å²) in [4.78, 5) is 4.18. The Bertz CT molecular complexity index is 763. The van der Waals surface area contributed by atoms with Gasteiger partial charge in [-0.05, 0) is 42.7 Å². The van der Waals surface area contributed by atoms with Crippen molar-refractivity contribution in [3.05, 3.63) is 58.9 Å². The molecule has 26 heavy (non-hydrogen) atoms. The lowest BCUT2D eigenvalue weighted by Crippen LogP contribution is -2.36. The molecule has 0 atom stereocenters. The average Bonchev–Trinajstić information content (AvgIpc) is 2.64.